The normalized spacial score (nSPS) is 10.8. The van der Waals surface area contributed by atoms with E-state index >= 15 is 0 Å². The molecule has 2 rings (SSSR count). The fraction of sp³-hybridized carbons (Fsp3) is 0.385. The van der Waals surface area contributed by atoms with Crippen LogP contribution in [0.4, 0.5) is 0 Å². The van der Waals surface area contributed by atoms with Crippen molar-refractivity contribution in [3.8, 4) is 11.5 Å². The standard InChI is InChI=1S/C13H17N3O/c1-9-5-6-10(2)11(8-9)13-16-15-12(17-13)4-3-7-14/h5-6,8H,3-4,7,14H2,1-2H3. The summed E-state index contributed by atoms with van der Waals surface area (Å²) >= 11 is 0. The number of hydrogen-bond donors (Lipinski definition) is 1. The molecule has 0 atom stereocenters. The highest BCUT2D eigenvalue weighted by Gasteiger charge is 2.10. The Labute approximate surface area is 101 Å². The van der Waals surface area contributed by atoms with Gasteiger partial charge in [-0.2, -0.15) is 0 Å². The summed E-state index contributed by atoms with van der Waals surface area (Å²) in [5.74, 6) is 1.25. The van der Waals surface area contributed by atoms with E-state index in [1.807, 2.05) is 6.92 Å². The number of nitrogens with two attached hydrogens (primary N) is 1. The minimum atomic E-state index is 0.596. The van der Waals surface area contributed by atoms with E-state index in [1.54, 1.807) is 0 Å². The molecule has 0 radical (unpaired) electrons. The first-order chi connectivity index (χ1) is 8.20. The van der Waals surface area contributed by atoms with Crippen LogP contribution in [0.3, 0.4) is 0 Å². The molecule has 0 unspecified atom stereocenters. The third kappa shape index (κ3) is 2.71. The highest BCUT2D eigenvalue weighted by molar-refractivity contribution is 5.59. The van der Waals surface area contributed by atoms with Gasteiger partial charge in [0.15, 0.2) is 0 Å². The van der Waals surface area contributed by atoms with Crippen molar-refractivity contribution in [2.24, 2.45) is 5.73 Å². The van der Waals surface area contributed by atoms with Crippen LogP contribution >= 0.6 is 0 Å². The zero-order chi connectivity index (χ0) is 12.3. The van der Waals surface area contributed by atoms with E-state index in [1.165, 1.54) is 5.56 Å². The van der Waals surface area contributed by atoms with Crippen LogP contribution in [0.2, 0.25) is 0 Å². The topological polar surface area (TPSA) is 64.9 Å². The van der Waals surface area contributed by atoms with Crippen LogP contribution in [-0.4, -0.2) is 16.7 Å². The molecule has 17 heavy (non-hydrogen) atoms. The average molecular weight is 231 g/mol. The fourth-order valence-electron chi connectivity index (χ4n) is 1.68. The molecule has 0 aliphatic rings. The van der Waals surface area contributed by atoms with Crippen molar-refractivity contribution in [3.63, 3.8) is 0 Å². The number of nitrogens with zero attached hydrogens (tertiary/aromatic N) is 2. The molecule has 2 N–H and O–H groups in total. The molecule has 4 nitrogen and oxygen atoms in total. The second-order valence-corrected chi connectivity index (χ2v) is 4.21. The minimum Gasteiger partial charge on any atom is -0.421 e. The van der Waals surface area contributed by atoms with Crippen molar-refractivity contribution in [2.75, 3.05) is 6.54 Å². The Kier molecular flexibility index (Phi) is 3.54. The van der Waals surface area contributed by atoms with Crippen molar-refractivity contribution in [2.45, 2.75) is 26.7 Å². The SMILES string of the molecule is Cc1ccc(C)c(-c2nnc(CCCN)o2)c1. The smallest absolute Gasteiger partial charge is 0.248 e. The maximum absolute atomic E-state index is 5.63. The second-order valence-electron chi connectivity index (χ2n) is 4.21. The molecule has 0 amide bonds. The average Bonchev–Trinajstić information content (AvgIpc) is 2.78. The van der Waals surface area contributed by atoms with Crippen molar-refractivity contribution in [3.05, 3.63) is 35.2 Å². The van der Waals surface area contributed by atoms with E-state index in [2.05, 4.69) is 35.3 Å². The van der Waals surface area contributed by atoms with Gasteiger partial charge in [-0.05, 0) is 38.4 Å². The Morgan fingerprint density at radius 1 is 1.24 bits per heavy atom. The third-order valence-electron chi connectivity index (χ3n) is 2.69. The first-order valence-electron chi connectivity index (χ1n) is 5.81. The molecule has 0 saturated carbocycles. The Hall–Kier alpha value is -1.68. The number of rotatable bonds is 4. The Bertz CT molecular complexity index is 505. The summed E-state index contributed by atoms with van der Waals surface area (Å²) in [4.78, 5) is 0. The van der Waals surface area contributed by atoms with Crippen molar-refractivity contribution in [1.82, 2.24) is 10.2 Å². The lowest BCUT2D eigenvalue weighted by atomic mass is 10.1. The third-order valence-corrected chi connectivity index (χ3v) is 2.69. The summed E-state index contributed by atoms with van der Waals surface area (Å²) in [6, 6.07) is 6.20. The van der Waals surface area contributed by atoms with Gasteiger partial charge in [0, 0.05) is 12.0 Å². The maximum Gasteiger partial charge on any atom is 0.248 e. The van der Waals surface area contributed by atoms with Gasteiger partial charge in [-0.15, -0.1) is 10.2 Å². The van der Waals surface area contributed by atoms with E-state index in [0.29, 0.717) is 18.3 Å². The second kappa shape index (κ2) is 5.10. The molecule has 1 aromatic carbocycles. The maximum atomic E-state index is 5.63. The lowest BCUT2D eigenvalue weighted by Crippen LogP contribution is -2.00. The Balaban J connectivity index is 2.27. The molecule has 0 fully saturated rings. The molecule has 0 saturated heterocycles. The van der Waals surface area contributed by atoms with Gasteiger partial charge in [-0.25, -0.2) is 0 Å². The number of aryl methyl sites for hydroxylation is 3. The lowest BCUT2D eigenvalue weighted by molar-refractivity contribution is 0.498. The number of hydrogen-bond acceptors (Lipinski definition) is 4. The van der Waals surface area contributed by atoms with Gasteiger partial charge < -0.3 is 10.2 Å². The summed E-state index contributed by atoms with van der Waals surface area (Å²) in [5, 5.41) is 8.11. The van der Waals surface area contributed by atoms with Gasteiger partial charge in [-0.1, -0.05) is 17.7 Å². The summed E-state index contributed by atoms with van der Waals surface area (Å²) in [5.41, 5.74) is 8.79. The van der Waals surface area contributed by atoms with E-state index in [0.717, 1.165) is 24.0 Å². The monoisotopic (exact) mass is 231 g/mol. The van der Waals surface area contributed by atoms with E-state index < -0.39 is 0 Å². The van der Waals surface area contributed by atoms with Crippen LogP contribution in [0.1, 0.15) is 23.4 Å². The highest BCUT2D eigenvalue weighted by atomic mass is 16.4. The van der Waals surface area contributed by atoms with E-state index in [9.17, 15) is 0 Å². The van der Waals surface area contributed by atoms with Crippen LogP contribution < -0.4 is 5.73 Å². The highest BCUT2D eigenvalue weighted by Crippen LogP contribution is 2.23. The molecule has 1 aromatic heterocycles. The first kappa shape index (κ1) is 11.8. The van der Waals surface area contributed by atoms with Gasteiger partial charge in [0.1, 0.15) is 0 Å². The molecule has 90 valence electrons. The van der Waals surface area contributed by atoms with Crippen LogP contribution in [0.25, 0.3) is 11.5 Å². The first-order valence-corrected chi connectivity index (χ1v) is 5.81. The molecule has 0 aliphatic heterocycles. The molecular weight excluding hydrogens is 214 g/mol. The number of benzene rings is 1. The zero-order valence-corrected chi connectivity index (χ0v) is 10.2. The largest absolute Gasteiger partial charge is 0.421 e. The zero-order valence-electron chi connectivity index (χ0n) is 10.2. The van der Waals surface area contributed by atoms with Gasteiger partial charge in [0.25, 0.3) is 0 Å². The molecule has 2 aromatic rings. The Morgan fingerprint density at radius 3 is 2.82 bits per heavy atom. The minimum absolute atomic E-state index is 0.596. The van der Waals surface area contributed by atoms with Gasteiger partial charge in [-0.3, -0.25) is 0 Å². The lowest BCUT2D eigenvalue weighted by Gasteiger charge is -2.01. The molecule has 1 heterocycles. The summed E-state index contributed by atoms with van der Waals surface area (Å²) in [6.45, 7) is 4.73. The van der Waals surface area contributed by atoms with Gasteiger partial charge >= 0.3 is 0 Å². The van der Waals surface area contributed by atoms with Crippen molar-refractivity contribution < 1.29 is 4.42 Å². The molecule has 4 heteroatoms. The summed E-state index contributed by atoms with van der Waals surface area (Å²) in [6.07, 6.45) is 1.61. The van der Waals surface area contributed by atoms with Crippen molar-refractivity contribution in [1.29, 1.82) is 0 Å². The van der Waals surface area contributed by atoms with Crippen LogP contribution in [0.5, 0.6) is 0 Å². The predicted molar refractivity (Wildman–Crippen MR) is 66.6 cm³/mol. The summed E-state index contributed by atoms with van der Waals surface area (Å²) < 4.78 is 5.63. The molecular formula is C13H17N3O. The summed E-state index contributed by atoms with van der Waals surface area (Å²) in [7, 11) is 0. The van der Waals surface area contributed by atoms with Crippen molar-refractivity contribution >= 4 is 0 Å². The molecule has 0 spiro atoms. The van der Waals surface area contributed by atoms with E-state index in [4.69, 9.17) is 10.2 Å². The predicted octanol–water partition coefficient (Wildman–Crippen LogP) is 2.24. The van der Waals surface area contributed by atoms with Gasteiger partial charge in [0.05, 0.1) is 0 Å². The quantitative estimate of drug-likeness (QED) is 0.876. The Morgan fingerprint density at radius 2 is 2.06 bits per heavy atom. The molecule has 0 aliphatic carbocycles. The van der Waals surface area contributed by atoms with Crippen LogP contribution in [-0.2, 0) is 6.42 Å². The van der Waals surface area contributed by atoms with Gasteiger partial charge in [0.2, 0.25) is 11.8 Å². The molecule has 0 bridgehead atoms. The number of aromatic nitrogens is 2. The van der Waals surface area contributed by atoms with Crippen LogP contribution in [0, 0.1) is 13.8 Å². The van der Waals surface area contributed by atoms with Crippen LogP contribution in [0.15, 0.2) is 22.6 Å². The van der Waals surface area contributed by atoms with E-state index in [-0.39, 0.29) is 0 Å². The fourth-order valence-corrected chi connectivity index (χ4v) is 1.68.